The lowest BCUT2D eigenvalue weighted by atomic mass is 9.93. The summed E-state index contributed by atoms with van der Waals surface area (Å²) in [5.41, 5.74) is -2.16. The minimum absolute atomic E-state index is 0.0650. The maximum Gasteiger partial charge on any atom is 0.340 e. The fourth-order valence-electron chi connectivity index (χ4n) is 5.55. The van der Waals surface area contributed by atoms with E-state index in [1.54, 1.807) is 0 Å². The van der Waals surface area contributed by atoms with E-state index in [0.29, 0.717) is 23.0 Å². The van der Waals surface area contributed by atoms with Gasteiger partial charge in [-0.25, -0.2) is 4.68 Å². The lowest BCUT2D eigenvalue weighted by Gasteiger charge is -2.28. The Hall–Kier alpha value is -1.22. The summed E-state index contributed by atoms with van der Waals surface area (Å²) in [4.78, 5) is 38.5. The first-order valence-electron chi connectivity index (χ1n) is 11.6. The van der Waals surface area contributed by atoms with Crippen LogP contribution in [0.25, 0.3) is 11.0 Å². The highest BCUT2D eigenvalue weighted by atomic mass is 35.5. The number of nitrogens with zero attached hydrogens (tertiary/aromatic N) is 5. The number of aliphatic hydroxyl groups excluding tert-OH is 2. The van der Waals surface area contributed by atoms with Gasteiger partial charge in [-0.1, -0.05) is 6.42 Å². The molecular weight excluding hydrogens is 556 g/mol. The number of hydrogen-bond donors (Lipinski definition) is 6. The second-order valence-corrected chi connectivity index (χ2v) is 14.2. The van der Waals surface area contributed by atoms with Crippen LogP contribution < -0.4 is 4.90 Å². The minimum Gasteiger partial charge on any atom is -0.393 e. The largest absolute Gasteiger partial charge is 0.393 e. The molecule has 0 amide bonds. The number of hydrogen-bond acceptors (Lipinski definition) is 11. The van der Waals surface area contributed by atoms with E-state index < -0.39 is 58.3 Å². The van der Waals surface area contributed by atoms with E-state index in [4.69, 9.17) is 30.6 Å². The molecule has 1 aliphatic carbocycles. The quantitative estimate of drug-likeness (QED) is 0.178. The van der Waals surface area contributed by atoms with Gasteiger partial charge in [-0.2, -0.15) is 15.1 Å². The summed E-state index contributed by atoms with van der Waals surface area (Å²) < 4.78 is 34.8. The van der Waals surface area contributed by atoms with Gasteiger partial charge in [0.15, 0.2) is 17.8 Å². The van der Waals surface area contributed by atoms with Gasteiger partial charge in [0.25, 0.3) is 0 Å². The molecule has 0 spiro atoms. The molecule has 1 saturated carbocycles. The van der Waals surface area contributed by atoms with Gasteiger partial charge in [0.2, 0.25) is 5.28 Å². The van der Waals surface area contributed by atoms with Crippen LogP contribution in [-0.4, -0.2) is 99.8 Å². The van der Waals surface area contributed by atoms with Crippen LogP contribution in [0, 0.1) is 11.8 Å². The zero-order chi connectivity index (χ0) is 26.8. The Labute approximate surface area is 215 Å². The van der Waals surface area contributed by atoms with E-state index in [2.05, 4.69) is 20.0 Å². The molecule has 5 rings (SSSR count). The van der Waals surface area contributed by atoms with Crippen molar-refractivity contribution in [1.82, 2.24) is 19.7 Å². The third kappa shape index (κ3) is 5.20. The summed E-state index contributed by atoms with van der Waals surface area (Å²) >= 11 is 6.23. The molecule has 2 saturated heterocycles. The molecular formula is C19H28ClN5O10P2. The lowest BCUT2D eigenvalue weighted by Crippen LogP contribution is -2.52. The number of aromatic nitrogens is 4. The van der Waals surface area contributed by atoms with E-state index in [1.165, 1.54) is 17.3 Å². The molecule has 206 valence electrons. The van der Waals surface area contributed by atoms with Crippen molar-refractivity contribution in [3.05, 3.63) is 11.5 Å². The van der Waals surface area contributed by atoms with Gasteiger partial charge >= 0.3 is 15.2 Å². The number of rotatable bonds is 8. The average molecular weight is 584 g/mol. The highest BCUT2D eigenvalue weighted by Gasteiger charge is 2.57. The zero-order valence-electron chi connectivity index (χ0n) is 19.4. The lowest BCUT2D eigenvalue weighted by molar-refractivity contribution is -0.117. The number of ether oxygens (including phenoxy) is 1. The van der Waals surface area contributed by atoms with Gasteiger partial charge in [0.1, 0.15) is 23.6 Å². The van der Waals surface area contributed by atoms with E-state index in [1.807, 2.05) is 0 Å². The molecule has 6 N–H and O–H groups in total. The molecule has 2 aliphatic heterocycles. The Morgan fingerprint density at radius 2 is 1.86 bits per heavy atom. The first-order valence-corrected chi connectivity index (χ1v) is 15.6. The minimum atomic E-state index is -4.89. The fraction of sp³-hybridized carbons (Fsp3) is 0.737. The maximum atomic E-state index is 12.1. The summed E-state index contributed by atoms with van der Waals surface area (Å²) in [5.74, 6) is 0.287. The molecule has 0 bridgehead atoms. The molecule has 1 unspecified atom stereocenters. The maximum absolute atomic E-state index is 12.1. The topological polar surface area (TPSA) is 221 Å². The Morgan fingerprint density at radius 3 is 2.49 bits per heavy atom. The number of fused-ring (bicyclic) bond motifs is 2. The van der Waals surface area contributed by atoms with Gasteiger partial charge in [0.05, 0.1) is 24.8 Å². The second kappa shape index (κ2) is 9.76. The molecule has 4 heterocycles. The van der Waals surface area contributed by atoms with E-state index in [0.717, 1.165) is 25.9 Å². The monoisotopic (exact) mass is 583 g/mol. The van der Waals surface area contributed by atoms with Gasteiger partial charge < -0.3 is 44.2 Å². The normalized spacial score (nSPS) is 33.8. The molecule has 18 heteroatoms. The summed E-state index contributed by atoms with van der Waals surface area (Å²) in [6.45, 7) is -0.250. The number of anilines is 1. The zero-order valence-corrected chi connectivity index (χ0v) is 22.0. The Balaban J connectivity index is 1.42. The Morgan fingerprint density at radius 1 is 1.19 bits per heavy atom. The van der Waals surface area contributed by atoms with Crippen LogP contribution in [0.3, 0.4) is 0 Å². The molecule has 2 aromatic rings. The number of aliphatic hydroxyl groups is 3. The van der Waals surface area contributed by atoms with Gasteiger partial charge in [0, 0.05) is 13.1 Å². The third-order valence-corrected chi connectivity index (χ3v) is 11.0. The van der Waals surface area contributed by atoms with Crippen LogP contribution in [0.4, 0.5) is 5.82 Å². The van der Waals surface area contributed by atoms with Gasteiger partial charge in [-0.3, -0.25) is 9.13 Å². The fourth-order valence-corrected chi connectivity index (χ4v) is 8.26. The summed E-state index contributed by atoms with van der Waals surface area (Å²) in [7, 11) is -9.68. The van der Waals surface area contributed by atoms with Crippen molar-refractivity contribution in [1.29, 1.82) is 0 Å². The van der Waals surface area contributed by atoms with Crippen LogP contribution in [0.5, 0.6) is 0 Å². The summed E-state index contributed by atoms with van der Waals surface area (Å²) in [5, 5.41) is 36.4. The van der Waals surface area contributed by atoms with E-state index in [9.17, 15) is 29.3 Å². The van der Waals surface area contributed by atoms with Gasteiger partial charge in [-0.15, -0.1) is 0 Å². The van der Waals surface area contributed by atoms with Crippen LogP contribution in [0.15, 0.2) is 6.20 Å². The molecule has 0 aromatic carbocycles. The predicted octanol–water partition coefficient (Wildman–Crippen LogP) is 0.0349. The Bertz CT molecular complexity index is 1270. The SMILES string of the molecule is O=P(O)(O)CP(=O)(O)OC[C@H]1O[C@H](n2ncc3c(N4C[C@H]5CCC[C@H]5C4)nc(Cl)nc32)[C@H](O)[C@@]1(O)CO. The third-order valence-electron chi connectivity index (χ3n) is 7.36. The standard InChI is InChI=1S/C19H28ClN5O10P2/c20-18-22-15(24-5-10-2-1-3-11(10)6-24)12-4-21-25(16(12)23-18)17-14(27)19(28,8-26)13(35-17)7-34-37(32,33)9-36(29,30)31/h4,10-11,13-14,17,26-28H,1-3,5-9H2,(H,32,33)(H2,29,30,31)/t10-,11+,13-,14+,17+,19-/m1/s1. The summed E-state index contributed by atoms with van der Waals surface area (Å²) in [6, 6.07) is 0. The highest BCUT2D eigenvalue weighted by Crippen LogP contribution is 2.56. The molecule has 37 heavy (non-hydrogen) atoms. The van der Waals surface area contributed by atoms with Crippen molar-refractivity contribution >= 4 is 43.6 Å². The predicted molar refractivity (Wildman–Crippen MR) is 128 cm³/mol. The molecule has 15 nitrogen and oxygen atoms in total. The second-order valence-electron chi connectivity index (χ2n) is 9.85. The molecule has 3 fully saturated rings. The van der Waals surface area contributed by atoms with Crippen molar-refractivity contribution in [3.8, 4) is 0 Å². The van der Waals surface area contributed by atoms with Crippen molar-refractivity contribution in [2.75, 3.05) is 37.1 Å². The number of halogens is 1. The molecule has 2 aromatic heterocycles. The van der Waals surface area contributed by atoms with Crippen LogP contribution >= 0.6 is 26.8 Å². The van der Waals surface area contributed by atoms with Crippen molar-refractivity contribution in [2.45, 2.75) is 43.3 Å². The smallest absolute Gasteiger partial charge is 0.340 e. The molecule has 7 atom stereocenters. The van der Waals surface area contributed by atoms with Crippen molar-refractivity contribution in [3.63, 3.8) is 0 Å². The van der Waals surface area contributed by atoms with E-state index in [-0.39, 0.29) is 10.9 Å². The first kappa shape index (κ1) is 27.4. The highest BCUT2D eigenvalue weighted by molar-refractivity contribution is 7.70. The summed E-state index contributed by atoms with van der Waals surface area (Å²) in [6.07, 6.45) is 0.225. The average Bonchev–Trinajstić information content (AvgIpc) is 3.54. The molecule has 0 radical (unpaired) electrons. The van der Waals surface area contributed by atoms with Crippen molar-refractivity contribution < 1.29 is 48.4 Å². The van der Waals surface area contributed by atoms with Crippen LogP contribution in [-0.2, 0) is 18.4 Å². The van der Waals surface area contributed by atoms with Crippen LogP contribution in [0.1, 0.15) is 25.5 Å². The van der Waals surface area contributed by atoms with E-state index >= 15 is 0 Å². The first-order chi connectivity index (χ1) is 17.3. The van der Waals surface area contributed by atoms with Crippen LogP contribution in [0.2, 0.25) is 5.28 Å². The molecule has 3 aliphatic rings. The Kier molecular flexibility index (Phi) is 7.21. The van der Waals surface area contributed by atoms with Gasteiger partial charge in [-0.05, 0) is 36.3 Å². The van der Waals surface area contributed by atoms with Crippen molar-refractivity contribution in [2.24, 2.45) is 11.8 Å².